The molecule has 4 rings (SSSR count). The summed E-state index contributed by atoms with van der Waals surface area (Å²) in [5, 5.41) is 3.01. The largest absolute Gasteiger partial charge is 0.497 e. The minimum atomic E-state index is -0.378. The van der Waals surface area contributed by atoms with Crippen LogP contribution in [0.4, 0.5) is 5.69 Å². The van der Waals surface area contributed by atoms with Gasteiger partial charge < -0.3 is 19.7 Å². The number of hydrogen-bond donors (Lipinski definition) is 3. The summed E-state index contributed by atoms with van der Waals surface area (Å²) >= 11 is 0. The van der Waals surface area contributed by atoms with E-state index in [2.05, 4.69) is 16.2 Å². The molecule has 0 radical (unpaired) electrons. The Morgan fingerprint density at radius 3 is 2.73 bits per heavy atom. The van der Waals surface area contributed by atoms with Crippen molar-refractivity contribution < 1.29 is 19.1 Å². The standard InChI is InChI=1S/C22H26N4O4/c1-29-16-7-5-6-14(10-16)17-12-18(25-24-17)22(28)23-15-11-21(27)26(13-15)19-8-3-4-9-20(19)30-2/h3-10,15,17-18,24-25H,11-13H2,1-2H3,(H,23,28). The first-order chi connectivity index (χ1) is 14.6. The smallest absolute Gasteiger partial charge is 0.238 e. The Morgan fingerprint density at radius 2 is 1.93 bits per heavy atom. The van der Waals surface area contributed by atoms with Crippen molar-refractivity contribution in [2.24, 2.45) is 0 Å². The van der Waals surface area contributed by atoms with E-state index in [1.807, 2.05) is 48.5 Å². The molecular formula is C22H26N4O4. The zero-order valence-corrected chi connectivity index (χ0v) is 17.1. The minimum absolute atomic E-state index is 0.00568. The van der Waals surface area contributed by atoms with Crippen molar-refractivity contribution in [3.8, 4) is 11.5 Å². The molecule has 30 heavy (non-hydrogen) atoms. The number of benzene rings is 2. The van der Waals surface area contributed by atoms with Crippen LogP contribution in [0.5, 0.6) is 11.5 Å². The summed E-state index contributed by atoms with van der Waals surface area (Å²) in [6, 6.07) is 14.6. The maximum Gasteiger partial charge on any atom is 0.238 e. The molecule has 0 aliphatic carbocycles. The molecule has 0 aromatic heterocycles. The highest BCUT2D eigenvalue weighted by Crippen LogP contribution is 2.31. The number of ether oxygens (including phenoxy) is 2. The Balaban J connectivity index is 1.36. The van der Waals surface area contributed by atoms with E-state index in [1.165, 1.54) is 0 Å². The van der Waals surface area contributed by atoms with Crippen molar-refractivity contribution >= 4 is 17.5 Å². The number of hydrazine groups is 1. The van der Waals surface area contributed by atoms with Gasteiger partial charge in [-0.05, 0) is 36.2 Å². The van der Waals surface area contributed by atoms with Crippen LogP contribution in [-0.2, 0) is 9.59 Å². The van der Waals surface area contributed by atoms with Crippen LogP contribution in [0.3, 0.4) is 0 Å². The first-order valence-corrected chi connectivity index (χ1v) is 9.98. The van der Waals surface area contributed by atoms with Crippen molar-refractivity contribution in [2.45, 2.75) is 31.0 Å². The van der Waals surface area contributed by atoms with Gasteiger partial charge >= 0.3 is 0 Å². The van der Waals surface area contributed by atoms with Crippen LogP contribution < -0.4 is 30.5 Å². The number of methoxy groups -OCH3 is 2. The molecule has 3 unspecified atom stereocenters. The second-order valence-electron chi connectivity index (χ2n) is 7.49. The number of rotatable bonds is 6. The normalized spacial score (nSPS) is 23.5. The van der Waals surface area contributed by atoms with Crippen molar-refractivity contribution in [3.63, 3.8) is 0 Å². The Morgan fingerprint density at radius 1 is 1.10 bits per heavy atom. The van der Waals surface area contributed by atoms with Gasteiger partial charge in [0, 0.05) is 19.0 Å². The topological polar surface area (TPSA) is 91.9 Å². The molecule has 0 bridgehead atoms. The third-order valence-corrected chi connectivity index (χ3v) is 5.56. The Bertz CT molecular complexity index is 935. The first kappa shape index (κ1) is 20.2. The van der Waals surface area contributed by atoms with Gasteiger partial charge in [-0.3, -0.25) is 9.59 Å². The van der Waals surface area contributed by atoms with Gasteiger partial charge in [0.25, 0.3) is 0 Å². The van der Waals surface area contributed by atoms with E-state index >= 15 is 0 Å². The molecule has 158 valence electrons. The van der Waals surface area contributed by atoms with Gasteiger partial charge in [0.2, 0.25) is 11.8 Å². The highest BCUT2D eigenvalue weighted by molar-refractivity contribution is 5.98. The maximum atomic E-state index is 12.8. The lowest BCUT2D eigenvalue weighted by Gasteiger charge is -2.20. The molecule has 2 aliphatic heterocycles. The van der Waals surface area contributed by atoms with E-state index in [9.17, 15) is 9.59 Å². The Kier molecular flexibility index (Phi) is 5.87. The molecule has 2 heterocycles. The van der Waals surface area contributed by atoms with Gasteiger partial charge in [0.15, 0.2) is 0 Å². The highest BCUT2D eigenvalue weighted by Gasteiger charge is 2.36. The second kappa shape index (κ2) is 8.73. The van der Waals surface area contributed by atoms with Crippen molar-refractivity contribution in [1.82, 2.24) is 16.2 Å². The van der Waals surface area contributed by atoms with Crippen LogP contribution in [0.2, 0.25) is 0 Å². The summed E-state index contributed by atoms with van der Waals surface area (Å²) in [7, 11) is 3.21. The summed E-state index contributed by atoms with van der Waals surface area (Å²) in [5.41, 5.74) is 8.02. The number of nitrogens with one attached hydrogen (secondary N) is 3. The lowest BCUT2D eigenvalue weighted by molar-refractivity contribution is -0.123. The van der Waals surface area contributed by atoms with Gasteiger partial charge in [-0.1, -0.05) is 24.3 Å². The zero-order valence-electron chi connectivity index (χ0n) is 17.1. The van der Waals surface area contributed by atoms with E-state index in [-0.39, 0.29) is 36.4 Å². The van der Waals surface area contributed by atoms with Crippen LogP contribution in [0, 0.1) is 0 Å². The van der Waals surface area contributed by atoms with Crippen LogP contribution in [0.1, 0.15) is 24.4 Å². The fourth-order valence-corrected chi connectivity index (χ4v) is 4.00. The van der Waals surface area contributed by atoms with Crippen LogP contribution in [0.25, 0.3) is 0 Å². The molecule has 2 fully saturated rings. The number of nitrogens with zero attached hydrogens (tertiary/aromatic N) is 1. The second-order valence-corrected chi connectivity index (χ2v) is 7.49. The average Bonchev–Trinajstić information content (AvgIpc) is 3.41. The van der Waals surface area contributed by atoms with Gasteiger partial charge in [0.05, 0.1) is 25.9 Å². The number of carbonyl (C=O) groups is 2. The molecule has 2 saturated heterocycles. The fourth-order valence-electron chi connectivity index (χ4n) is 4.00. The van der Waals surface area contributed by atoms with Gasteiger partial charge in [-0.2, -0.15) is 0 Å². The SMILES string of the molecule is COc1cccc(C2CC(C(=O)NC3CC(=O)N(c4ccccc4OC)C3)NN2)c1. The van der Waals surface area contributed by atoms with Crippen molar-refractivity contribution in [3.05, 3.63) is 54.1 Å². The number of hydrogen-bond acceptors (Lipinski definition) is 6. The fraction of sp³-hybridized carbons (Fsp3) is 0.364. The lowest BCUT2D eigenvalue weighted by Crippen LogP contribution is -2.47. The summed E-state index contributed by atoms with van der Waals surface area (Å²) in [6.07, 6.45) is 0.874. The minimum Gasteiger partial charge on any atom is -0.497 e. The molecule has 2 aromatic rings. The van der Waals surface area contributed by atoms with E-state index in [1.54, 1.807) is 19.1 Å². The quantitative estimate of drug-likeness (QED) is 0.669. The molecule has 2 aromatic carbocycles. The van der Waals surface area contributed by atoms with E-state index in [0.29, 0.717) is 18.7 Å². The van der Waals surface area contributed by atoms with Crippen molar-refractivity contribution in [2.75, 3.05) is 25.7 Å². The summed E-state index contributed by atoms with van der Waals surface area (Å²) < 4.78 is 10.6. The van der Waals surface area contributed by atoms with Gasteiger partial charge in [-0.25, -0.2) is 10.9 Å². The third-order valence-electron chi connectivity index (χ3n) is 5.56. The summed E-state index contributed by atoms with van der Waals surface area (Å²) in [6.45, 7) is 0.421. The molecule has 2 amide bonds. The van der Waals surface area contributed by atoms with Gasteiger partial charge in [-0.15, -0.1) is 0 Å². The molecule has 3 N–H and O–H groups in total. The van der Waals surface area contributed by atoms with E-state index in [0.717, 1.165) is 17.0 Å². The molecule has 8 heteroatoms. The molecule has 0 spiro atoms. The number of anilines is 1. The lowest BCUT2D eigenvalue weighted by atomic mass is 10.0. The molecular weight excluding hydrogens is 384 g/mol. The molecule has 3 atom stereocenters. The van der Waals surface area contributed by atoms with Crippen LogP contribution in [-0.4, -0.2) is 44.7 Å². The van der Waals surface area contributed by atoms with E-state index in [4.69, 9.17) is 9.47 Å². The predicted molar refractivity (Wildman–Crippen MR) is 112 cm³/mol. The maximum absolute atomic E-state index is 12.8. The van der Waals surface area contributed by atoms with Gasteiger partial charge in [0.1, 0.15) is 17.5 Å². The Labute approximate surface area is 175 Å². The molecule has 8 nitrogen and oxygen atoms in total. The summed E-state index contributed by atoms with van der Waals surface area (Å²) in [5.74, 6) is 1.27. The Hall–Kier alpha value is -3.10. The predicted octanol–water partition coefficient (Wildman–Crippen LogP) is 1.53. The first-order valence-electron chi connectivity index (χ1n) is 9.98. The van der Waals surface area contributed by atoms with Crippen LogP contribution in [0.15, 0.2) is 48.5 Å². The number of amides is 2. The zero-order chi connectivity index (χ0) is 21.1. The summed E-state index contributed by atoms with van der Waals surface area (Å²) in [4.78, 5) is 27.0. The number of para-hydroxylation sites is 2. The number of carbonyl (C=O) groups excluding carboxylic acids is 2. The van der Waals surface area contributed by atoms with E-state index < -0.39 is 0 Å². The molecule has 2 aliphatic rings. The third kappa shape index (κ3) is 4.10. The molecule has 0 saturated carbocycles. The highest BCUT2D eigenvalue weighted by atomic mass is 16.5. The van der Waals surface area contributed by atoms with Crippen molar-refractivity contribution in [1.29, 1.82) is 0 Å². The average molecular weight is 410 g/mol. The van der Waals surface area contributed by atoms with Crippen LogP contribution >= 0.6 is 0 Å². The monoisotopic (exact) mass is 410 g/mol.